The topological polar surface area (TPSA) is 86.8 Å². The smallest absolute Gasteiger partial charge is 0.244 e. The molecule has 1 N–H and O–H groups in total. The van der Waals surface area contributed by atoms with E-state index in [1.165, 1.54) is 4.90 Å². The van der Waals surface area contributed by atoms with Crippen molar-refractivity contribution in [3.8, 4) is 0 Å². The quantitative estimate of drug-likeness (QED) is 0.592. The van der Waals surface area contributed by atoms with Crippen LogP contribution in [0.4, 0.5) is 5.69 Å². The molecule has 0 saturated heterocycles. The second kappa shape index (κ2) is 11.1. The molecule has 8 heteroatoms. The first-order valence-electron chi connectivity index (χ1n) is 10.8. The molecule has 2 rings (SSSR count). The maximum atomic E-state index is 13.4. The summed E-state index contributed by atoms with van der Waals surface area (Å²) in [6.45, 7) is 7.67. The molecule has 2 aromatic rings. The van der Waals surface area contributed by atoms with Gasteiger partial charge in [0.2, 0.25) is 21.8 Å². The van der Waals surface area contributed by atoms with E-state index in [0.29, 0.717) is 12.2 Å². The summed E-state index contributed by atoms with van der Waals surface area (Å²) in [5.74, 6) is -0.732. The molecule has 0 saturated carbocycles. The van der Waals surface area contributed by atoms with E-state index in [1.807, 2.05) is 57.2 Å². The molecule has 0 heterocycles. The summed E-state index contributed by atoms with van der Waals surface area (Å²) in [4.78, 5) is 27.4. The monoisotopic (exact) mass is 459 g/mol. The van der Waals surface area contributed by atoms with Gasteiger partial charge in [0.05, 0.1) is 11.9 Å². The number of hydrogen-bond donors (Lipinski definition) is 1. The van der Waals surface area contributed by atoms with Gasteiger partial charge in [0.1, 0.15) is 12.6 Å². The summed E-state index contributed by atoms with van der Waals surface area (Å²) in [5.41, 5.74) is 3.37. The molecule has 32 heavy (non-hydrogen) atoms. The van der Waals surface area contributed by atoms with E-state index in [9.17, 15) is 18.0 Å². The zero-order valence-corrected chi connectivity index (χ0v) is 20.3. The summed E-state index contributed by atoms with van der Waals surface area (Å²) in [6, 6.07) is 14.0. The second-order valence-electron chi connectivity index (χ2n) is 7.81. The lowest BCUT2D eigenvalue weighted by Gasteiger charge is -2.31. The molecule has 0 aromatic heterocycles. The predicted octanol–water partition coefficient (Wildman–Crippen LogP) is 2.88. The number of nitrogens with zero attached hydrogens (tertiary/aromatic N) is 2. The Morgan fingerprint density at radius 3 is 2.19 bits per heavy atom. The Hall–Kier alpha value is -2.87. The fourth-order valence-corrected chi connectivity index (χ4v) is 4.24. The number of hydrogen-bond acceptors (Lipinski definition) is 4. The number of rotatable bonds is 10. The van der Waals surface area contributed by atoms with Gasteiger partial charge in [-0.2, -0.15) is 0 Å². The Kier molecular flexibility index (Phi) is 8.83. The summed E-state index contributed by atoms with van der Waals surface area (Å²) < 4.78 is 26.2. The van der Waals surface area contributed by atoms with Crippen LogP contribution < -0.4 is 9.62 Å². The molecule has 0 aliphatic rings. The minimum absolute atomic E-state index is 0.205. The molecule has 0 fully saturated rings. The third-order valence-electron chi connectivity index (χ3n) is 5.43. The van der Waals surface area contributed by atoms with Crippen molar-refractivity contribution in [2.75, 3.05) is 23.7 Å². The molecule has 7 nitrogen and oxygen atoms in total. The Bertz CT molecular complexity index is 1040. The third-order valence-corrected chi connectivity index (χ3v) is 6.57. The zero-order chi connectivity index (χ0) is 23.9. The van der Waals surface area contributed by atoms with E-state index in [1.54, 1.807) is 19.1 Å². The van der Waals surface area contributed by atoms with E-state index in [-0.39, 0.29) is 19.0 Å². The van der Waals surface area contributed by atoms with Crippen LogP contribution in [0.5, 0.6) is 0 Å². The summed E-state index contributed by atoms with van der Waals surface area (Å²) in [5, 5.41) is 2.74. The van der Waals surface area contributed by atoms with Crippen LogP contribution in [0.1, 0.15) is 37.5 Å². The van der Waals surface area contributed by atoms with Crippen molar-refractivity contribution in [2.24, 2.45) is 0 Å². The summed E-state index contributed by atoms with van der Waals surface area (Å²) in [7, 11) is -3.72. The highest BCUT2D eigenvalue weighted by Crippen LogP contribution is 2.20. The zero-order valence-electron chi connectivity index (χ0n) is 19.5. The predicted molar refractivity (Wildman–Crippen MR) is 128 cm³/mol. The van der Waals surface area contributed by atoms with Crippen LogP contribution in [0.3, 0.4) is 0 Å². The first kappa shape index (κ1) is 25.4. The van der Waals surface area contributed by atoms with Gasteiger partial charge in [-0.3, -0.25) is 13.9 Å². The maximum absolute atomic E-state index is 13.4. The minimum Gasteiger partial charge on any atom is -0.355 e. The molecule has 1 atom stereocenters. The van der Waals surface area contributed by atoms with Crippen molar-refractivity contribution in [1.29, 1.82) is 0 Å². The van der Waals surface area contributed by atoms with Crippen molar-refractivity contribution >= 4 is 27.5 Å². The van der Waals surface area contributed by atoms with Gasteiger partial charge in [0, 0.05) is 13.1 Å². The highest BCUT2D eigenvalue weighted by Gasteiger charge is 2.30. The van der Waals surface area contributed by atoms with Crippen LogP contribution in [-0.4, -0.2) is 50.5 Å². The molecule has 0 radical (unpaired) electrons. The summed E-state index contributed by atoms with van der Waals surface area (Å²) >= 11 is 0. The van der Waals surface area contributed by atoms with Gasteiger partial charge in [-0.25, -0.2) is 8.42 Å². The van der Waals surface area contributed by atoms with Gasteiger partial charge in [0.25, 0.3) is 0 Å². The SMILES string of the molecule is CCNC(=O)[C@H](C)N(Cc1ccccc1C)C(=O)CN(c1ccc(CC)cc1)S(C)(=O)=O. The fourth-order valence-electron chi connectivity index (χ4n) is 3.39. The number of amides is 2. The molecule has 2 amide bonds. The second-order valence-corrected chi connectivity index (χ2v) is 9.72. The van der Waals surface area contributed by atoms with Crippen LogP contribution in [0.2, 0.25) is 0 Å². The molecular weight excluding hydrogens is 426 g/mol. The Morgan fingerprint density at radius 1 is 1.03 bits per heavy atom. The first-order chi connectivity index (χ1) is 15.1. The molecule has 0 spiro atoms. The average Bonchev–Trinajstić information content (AvgIpc) is 2.75. The number of aryl methyl sites for hydroxylation is 2. The number of carbonyl (C=O) groups is 2. The Labute approximate surface area is 191 Å². The van der Waals surface area contributed by atoms with Crippen molar-refractivity contribution in [3.05, 3.63) is 65.2 Å². The van der Waals surface area contributed by atoms with Crippen LogP contribution in [0.15, 0.2) is 48.5 Å². The van der Waals surface area contributed by atoms with E-state index in [2.05, 4.69) is 5.32 Å². The Morgan fingerprint density at radius 2 is 1.66 bits per heavy atom. The van der Waals surface area contributed by atoms with Crippen LogP contribution >= 0.6 is 0 Å². The lowest BCUT2D eigenvalue weighted by Crippen LogP contribution is -2.51. The molecular formula is C24H33N3O4S. The van der Waals surface area contributed by atoms with E-state index in [4.69, 9.17) is 0 Å². The number of benzene rings is 2. The number of sulfonamides is 1. The van der Waals surface area contributed by atoms with Gasteiger partial charge in [-0.15, -0.1) is 0 Å². The van der Waals surface area contributed by atoms with E-state index >= 15 is 0 Å². The molecule has 174 valence electrons. The van der Waals surface area contributed by atoms with E-state index in [0.717, 1.165) is 33.7 Å². The first-order valence-corrected chi connectivity index (χ1v) is 12.6. The molecule has 0 aliphatic carbocycles. The minimum atomic E-state index is -3.72. The van der Waals surface area contributed by atoms with Crippen molar-refractivity contribution < 1.29 is 18.0 Å². The highest BCUT2D eigenvalue weighted by molar-refractivity contribution is 7.92. The van der Waals surface area contributed by atoms with Crippen molar-refractivity contribution in [3.63, 3.8) is 0 Å². The van der Waals surface area contributed by atoms with Gasteiger partial charge in [-0.05, 0) is 56.0 Å². The van der Waals surface area contributed by atoms with Crippen LogP contribution in [0.25, 0.3) is 0 Å². The number of carbonyl (C=O) groups excluding carboxylic acids is 2. The Balaban J connectivity index is 2.38. The fraction of sp³-hybridized carbons (Fsp3) is 0.417. The average molecular weight is 460 g/mol. The highest BCUT2D eigenvalue weighted by atomic mass is 32.2. The number of anilines is 1. The lowest BCUT2D eigenvalue weighted by atomic mass is 10.1. The molecule has 0 bridgehead atoms. The van der Waals surface area contributed by atoms with Gasteiger partial charge >= 0.3 is 0 Å². The standard InChI is InChI=1S/C24H33N3O4S/c1-6-20-12-14-22(15-13-20)27(32(5,30)31)17-23(28)26(19(4)24(29)25-7-2)16-21-11-9-8-10-18(21)3/h8-15,19H,6-7,16-17H2,1-5H3,(H,25,29)/t19-/m0/s1. The van der Waals surface area contributed by atoms with E-state index < -0.39 is 22.0 Å². The van der Waals surface area contributed by atoms with Crippen molar-refractivity contribution in [1.82, 2.24) is 10.2 Å². The molecule has 0 aliphatic heterocycles. The number of likely N-dealkylation sites (N-methyl/N-ethyl adjacent to an activating group) is 1. The largest absolute Gasteiger partial charge is 0.355 e. The molecule has 0 unspecified atom stereocenters. The third kappa shape index (κ3) is 6.56. The van der Waals surface area contributed by atoms with Gasteiger partial charge in [-0.1, -0.05) is 43.3 Å². The molecule has 2 aromatic carbocycles. The van der Waals surface area contributed by atoms with Crippen molar-refractivity contribution in [2.45, 2.75) is 46.7 Å². The van der Waals surface area contributed by atoms with Crippen LogP contribution in [-0.2, 0) is 32.6 Å². The van der Waals surface area contributed by atoms with Gasteiger partial charge in [0.15, 0.2) is 0 Å². The normalized spacial score (nSPS) is 12.2. The van der Waals surface area contributed by atoms with Gasteiger partial charge < -0.3 is 10.2 Å². The van der Waals surface area contributed by atoms with Crippen LogP contribution in [0, 0.1) is 6.92 Å². The summed E-state index contributed by atoms with van der Waals surface area (Å²) in [6.07, 6.45) is 1.90. The maximum Gasteiger partial charge on any atom is 0.244 e. The number of nitrogens with one attached hydrogen (secondary N) is 1. The lowest BCUT2D eigenvalue weighted by molar-refractivity contribution is -0.139.